The molecule has 0 bridgehead atoms. The Morgan fingerprint density at radius 1 is 1.20 bits per heavy atom. The number of carbonyl (C=O) groups excluding carboxylic acids is 1. The van der Waals surface area contributed by atoms with Gasteiger partial charge in [0.2, 0.25) is 5.91 Å². The van der Waals surface area contributed by atoms with E-state index < -0.39 is 0 Å². The molecule has 1 atom stereocenters. The lowest BCUT2D eigenvalue weighted by Crippen LogP contribution is -2.25. The van der Waals surface area contributed by atoms with E-state index in [1.165, 1.54) is 10.8 Å². The van der Waals surface area contributed by atoms with Gasteiger partial charge in [-0.2, -0.15) is 0 Å². The van der Waals surface area contributed by atoms with Crippen molar-refractivity contribution in [2.75, 3.05) is 13.1 Å². The van der Waals surface area contributed by atoms with Crippen molar-refractivity contribution in [3.05, 3.63) is 48.0 Å². The van der Waals surface area contributed by atoms with Crippen LogP contribution in [0.4, 0.5) is 0 Å². The second-order valence-corrected chi connectivity index (χ2v) is 5.52. The van der Waals surface area contributed by atoms with E-state index in [0.29, 0.717) is 18.9 Å². The second-order valence-electron chi connectivity index (χ2n) is 5.52. The molecule has 1 aliphatic heterocycles. The molecule has 0 aromatic heterocycles. The van der Waals surface area contributed by atoms with Crippen LogP contribution in [0.1, 0.15) is 18.4 Å². The zero-order valence-corrected chi connectivity index (χ0v) is 11.6. The summed E-state index contributed by atoms with van der Waals surface area (Å²) in [5.74, 6) is 0.665. The average molecular weight is 268 g/mol. The molecule has 3 rings (SSSR count). The fraction of sp³-hybridized carbons (Fsp3) is 0.353. The maximum absolute atomic E-state index is 11.9. The Kier molecular flexibility index (Phi) is 3.97. The van der Waals surface area contributed by atoms with Crippen molar-refractivity contribution in [3.8, 4) is 0 Å². The summed E-state index contributed by atoms with van der Waals surface area (Å²) in [4.78, 5) is 11.9. The number of hydrogen-bond donors (Lipinski definition) is 2. The summed E-state index contributed by atoms with van der Waals surface area (Å²) >= 11 is 0. The molecule has 1 fully saturated rings. The third-order valence-corrected chi connectivity index (χ3v) is 3.94. The van der Waals surface area contributed by atoms with Gasteiger partial charge in [0.15, 0.2) is 0 Å². The van der Waals surface area contributed by atoms with Gasteiger partial charge in [0.1, 0.15) is 0 Å². The van der Waals surface area contributed by atoms with Crippen molar-refractivity contribution in [1.29, 1.82) is 0 Å². The van der Waals surface area contributed by atoms with Crippen molar-refractivity contribution in [2.24, 2.45) is 5.92 Å². The highest BCUT2D eigenvalue weighted by molar-refractivity contribution is 5.83. The van der Waals surface area contributed by atoms with Crippen molar-refractivity contribution in [3.63, 3.8) is 0 Å². The van der Waals surface area contributed by atoms with Gasteiger partial charge in [-0.05, 0) is 47.8 Å². The van der Waals surface area contributed by atoms with Crippen LogP contribution < -0.4 is 10.6 Å². The molecule has 2 N–H and O–H groups in total. The predicted molar refractivity (Wildman–Crippen MR) is 81.4 cm³/mol. The van der Waals surface area contributed by atoms with E-state index in [4.69, 9.17) is 0 Å². The minimum Gasteiger partial charge on any atom is -0.352 e. The summed E-state index contributed by atoms with van der Waals surface area (Å²) in [5.41, 5.74) is 1.15. The Labute approximate surface area is 119 Å². The number of amides is 1. The molecule has 0 radical (unpaired) electrons. The first-order chi connectivity index (χ1) is 9.81. The number of nitrogens with one attached hydrogen (secondary N) is 2. The molecule has 1 unspecified atom stereocenters. The molecule has 104 valence electrons. The van der Waals surface area contributed by atoms with Crippen LogP contribution in [0.5, 0.6) is 0 Å². The fourth-order valence-electron chi connectivity index (χ4n) is 2.77. The second kappa shape index (κ2) is 6.06. The maximum atomic E-state index is 11.9. The molecule has 0 saturated carbocycles. The standard InChI is InChI=1S/C17H20N2O/c20-17(10-14-7-8-18-11-14)19-12-13-5-6-15-3-1-2-4-16(15)9-13/h1-6,9,14,18H,7-8,10-12H2,(H,19,20). The third-order valence-electron chi connectivity index (χ3n) is 3.94. The number of hydrogen-bond acceptors (Lipinski definition) is 2. The lowest BCUT2D eigenvalue weighted by Gasteiger charge is -2.09. The van der Waals surface area contributed by atoms with Gasteiger partial charge in [0, 0.05) is 13.0 Å². The SMILES string of the molecule is O=C(CC1CCNC1)NCc1ccc2ccccc2c1. The van der Waals surface area contributed by atoms with Gasteiger partial charge in [-0.1, -0.05) is 36.4 Å². The first-order valence-electron chi connectivity index (χ1n) is 7.26. The minimum absolute atomic E-state index is 0.159. The smallest absolute Gasteiger partial charge is 0.220 e. The zero-order chi connectivity index (χ0) is 13.8. The van der Waals surface area contributed by atoms with Crippen LogP contribution in [-0.4, -0.2) is 19.0 Å². The van der Waals surface area contributed by atoms with Crippen LogP contribution in [0.15, 0.2) is 42.5 Å². The number of carbonyl (C=O) groups is 1. The van der Waals surface area contributed by atoms with E-state index in [2.05, 4.69) is 41.0 Å². The molecule has 2 aromatic rings. The Balaban J connectivity index is 1.57. The maximum Gasteiger partial charge on any atom is 0.220 e. The van der Waals surface area contributed by atoms with Crippen molar-refractivity contribution < 1.29 is 4.79 Å². The zero-order valence-electron chi connectivity index (χ0n) is 11.6. The lowest BCUT2D eigenvalue weighted by atomic mass is 10.0. The average Bonchev–Trinajstić information content (AvgIpc) is 2.98. The number of fused-ring (bicyclic) bond motifs is 1. The summed E-state index contributed by atoms with van der Waals surface area (Å²) in [5, 5.41) is 8.77. The lowest BCUT2D eigenvalue weighted by molar-refractivity contribution is -0.122. The molecular formula is C17H20N2O. The molecule has 0 spiro atoms. The molecule has 2 aromatic carbocycles. The predicted octanol–water partition coefficient (Wildman–Crippen LogP) is 2.46. The summed E-state index contributed by atoms with van der Waals surface area (Å²) in [6.45, 7) is 2.63. The van der Waals surface area contributed by atoms with Gasteiger partial charge in [-0.3, -0.25) is 4.79 Å². The first kappa shape index (κ1) is 13.1. The third kappa shape index (κ3) is 3.17. The minimum atomic E-state index is 0.159. The molecule has 1 amide bonds. The van der Waals surface area contributed by atoms with E-state index in [0.717, 1.165) is 25.1 Å². The molecule has 1 aliphatic rings. The van der Waals surface area contributed by atoms with E-state index in [9.17, 15) is 4.79 Å². The Hall–Kier alpha value is -1.87. The van der Waals surface area contributed by atoms with Gasteiger partial charge in [0.25, 0.3) is 0 Å². The van der Waals surface area contributed by atoms with E-state index >= 15 is 0 Å². The highest BCUT2D eigenvalue weighted by Crippen LogP contribution is 2.16. The van der Waals surface area contributed by atoms with E-state index in [-0.39, 0.29) is 5.91 Å². The van der Waals surface area contributed by atoms with E-state index in [1.807, 2.05) is 12.1 Å². The molecule has 1 saturated heterocycles. The summed E-state index contributed by atoms with van der Waals surface area (Å²) in [6.07, 6.45) is 1.75. The molecule has 0 aliphatic carbocycles. The molecule has 3 heteroatoms. The van der Waals surface area contributed by atoms with Crippen LogP contribution in [-0.2, 0) is 11.3 Å². The van der Waals surface area contributed by atoms with Gasteiger partial charge >= 0.3 is 0 Å². The Morgan fingerprint density at radius 2 is 2.05 bits per heavy atom. The monoisotopic (exact) mass is 268 g/mol. The van der Waals surface area contributed by atoms with Crippen LogP contribution in [0.3, 0.4) is 0 Å². The highest BCUT2D eigenvalue weighted by Gasteiger charge is 2.17. The number of benzene rings is 2. The van der Waals surface area contributed by atoms with Crippen molar-refractivity contribution in [2.45, 2.75) is 19.4 Å². The van der Waals surface area contributed by atoms with Crippen LogP contribution in [0.2, 0.25) is 0 Å². The quantitative estimate of drug-likeness (QED) is 0.894. The molecule has 3 nitrogen and oxygen atoms in total. The molecule has 20 heavy (non-hydrogen) atoms. The largest absolute Gasteiger partial charge is 0.352 e. The number of rotatable bonds is 4. The fourth-order valence-corrected chi connectivity index (χ4v) is 2.77. The summed E-state index contributed by atoms with van der Waals surface area (Å²) < 4.78 is 0. The normalized spacial score (nSPS) is 18.3. The van der Waals surface area contributed by atoms with Crippen molar-refractivity contribution >= 4 is 16.7 Å². The topological polar surface area (TPSA) is 41.1 Å². The molecule has 1 heterocycles. The summed E-state index contributed by atoms with van der Waals surface area (Å²) in [7, 11) is 0. The Bertz CT molecular complexity index is 603. The van der Waals surface area contributed by atoms with Crippen LogP contribution in [0.25, 0.3) is 10.8 Å². The van der Waals surface area contributed by atoms with Gasteiger partial charge < -0.3 is 10.6 Å². The van der Waals surface area contributed by atoms with E-state index in [1.54, 1.807) is 0 Å². The summed E-state index contributed by atoms with van der Waals surface area (Å²) in [6, 6.07) is 14.6. The van der Waals surface area contributed by atoms with Gasteiger partial charge in [-0.15, -0.1) is 0 Å². The van der Waals surface area contributed by atoms with Crippen LogP contribution >= 0.6 is 0 Å². The van der Waals surface area contributed by atoms with Crippen LogP contribution in [0, 0.1) is 5.92 Å². The Morgan fingerprint density at radius 3 is 2.85 bits per heavy atom. The van der Waals surface area contributed by atoms with Gasteiger partial charge in [0.05, 0.1) is 0 Å². The first-order valence-corrected chi connectivity index (χ1v) is 7.26. The van der Waals surface area contributed by atoms with Crippen molar-refractivity contribution in [1.82, 2.24) is 10.6 Å². The highest BCUT2D eigenvalue weighted by atomic mass is 16.1. The molecular weight excluding hydrogens is 248 g/mol. The van der Waals surface area contributed by atoms with Gasteiger partial charge in [-0.25, -0.2) is 0 Å².